The van der Waals surface area contributed by atoms with Crippen LogP contribution in [0.4, 0.5) is 0 Å². The number of rotatable bonds is 5. The number of thiophene rings is 1. The van der Waals surface area contributed by atoms with Crippen LogP contribution in [0.25, 0.3) is 0 Å². The summed E-state index contributed by atoms with van der Waals surface area (Å²) in [6.45, 7) is 3.04. The monoisotopic (exact) mass is 301 g/mol. The van der Waals surface area contributed by atoms with Crippen molar-refractivity contribution in [2.45, 2.75) is 38.3 Å². The summed E-state index contributed by atoms with van der Waals surface area (Å²) < 4.78 is 6.10. The Kier molecular flexibility index (Phi) is 4.73. The van der Waals surface area contributed by atoms with Crippen LogP contribution in [0, 0.1) is 0 Å². The predicted octanol–water partition coefficient (Wildman–Crippen LogP) is 3.76. The zero-order valence-corrected chi connectivity index (χ0v) is 13.6. The van der Waals surface area contributed by atoms with Crippen LogP contribution >= 0.6 is 11.3 Å². The molecule has 0 radical (unpaired) electrons. The van der Waals surface area contributed by atoms with Gasteiger partial charge in [0.25, 0.3) is 0 Å². The number of benzene rings is 1. The molecule has 21 heavy (non-hydrogen) atoms. The Labute approximate surface area is 131 Å². The fourth-order valence-electron chi connectivity index (χ4n) is 3.06. The average Bonchev–Trinajstić information content (AvgIpc) is 3.00. The average molecular weight is 301 g/mol. The summed E-state index contributed by atoms with van der Waals surface area (Å²) in [5.41, 5.74) is 2.80. The molecule has 0 saturated carbocycles. The molecule has 0 fully saturated rings. The minimum absolute atomic E-state index is 0.159. The molecule has 1 aromatic carbocycles. The second-order valence-corrected chi connectivity index (χ2v) is 6.81. The van der Waals surface area contributed by atoms with Crippen LogP contribution in [-0.2, 0) is 24.0 Å². The van der Waals surface area contributed by atoms with Crippen molar-refractivity contribution in [3.05, 3.63) is 57.3 Å². The van der Waals surface area contributed by atoms with Gasteiger partial charge in [-0.15, -0.1) is 11.3 Å². The van der Waals surface area contributed by atoms with Gasteiger partial charge in [0, 0.05) is 15.8 Å². The topological polar surface area (TPSA) is 21.3 Å². The SMILES string of the molecule is CCc1ccc(CC(NC)C2OCCc3ccccc32)s1. The second-order valence-electron chi connectivity index (χ2n) is 5.56. The zero-order valence-electron chi connectivity index (χ0n) is 12.8. The maximum absolute atomic E-state index is 6.10. The highest BCUT2D eigenvalue weighted by molar-refractivity contribution is 7.11. The Morgan fingerprint density at radius 1 is 1.24 bits per heavy atom. The van der Waals surface area contributed by atoms with Gasteiger partial charge in [0.2, 0.25) is 0 Å². The molecule has 0 aliphatic carbocycles. The highest BCUT2D eigenvalue weighted by atomic mass is 32.1. The minimum Gasteiger partial charge on any atom is -0.372 e. The molecule has 0 saturated heterocycles. The molecular formula is C18H23NOS. The van der Waals surface area contributed by atoms with Crippen molar-refractivity contribution in [1.29, 1.82) is 0 Å². The van der Waals surface area contributed by atoms with E-state index in [1.54, 1.807) is 0 Å². The van der Waals surface area contributed by atoms with Gasteiger partial charge in [0.1, 0.15) is 0 Å². The molecule has 0 bridgehead atoms. The van der Waals surface area contributed by atoms with Gasteiger partial charge in [0.05, 0.1) is 12.7 Å². The van der Waals surface area contributed by atoms with Crippen molar-refractivity contribution in [2.24, 2.45) is 0 Å². The molecular weight excluding hydrogens is 278 g/mol. The van der Waals surface area contributed by atoms with E-state index >= 15 is 0 Å². The van der Waals surface area contributed by atoms with E-state index in [0.717, 1.165) is 25.9 Å². The number of likely N-dealkylation sites (N-methyl/N-ethyl adjacent to an activating group) is 1. The van der Waals surface area contributed by atoms with Gasteiger partial charge < -0.3 is 10.1 Å². The first-order valence-electron chi connectivity index (χ1n) is 7.76. The molecule has 2 unspecified atom stereocenters. The third-order valence-corrected chi connectivity index (χ3v) is 5.51. The van der Waals surface area contributed by atoms with E-state index in [0.29, 0.717) is 6.04 Å². The number of hydrogen-bond acceptors (Lipinski definition) is 3. The summed E-state index contributed by atoms with van der Waals surface area (Å²) in [4.78, 5) is 2.91. The van der Waals surface area contributed by atoms with Crippen LogP contribution in [0.1, 0.15) is 33.9 Å². The molecule has 1 N–H and O–H groups in total. The minimum atomic E-state index is 0.159. The maximum atomic E-state index is 6.10. The normalized spacial score (nSPS) is 19.2. The van der Waals surface area contributed by atoms with Crippen molar-refractivity contribution in [2.75, 3.05) is 13.7 Å². The molecule has 1 aliphatic heterocycles. The van der Waals surface area contributed by atoms with Crippen molar-refractivity contribution >= 4 is 11.3 Å². The standard InChI is InChI=1S/C18H23NOS/c1-3-14-8-9-15(21-14)12-17(19-2)18-16-7-5-4-6-13(16)10-11-20-18/h4-9,17-19H,3,10-12H2,1-2H3. The van der Waals surface area contributed by atoms with E-state index < -0.39 is 0 Å². The Morgan fingerprint density at radius 3 is 2.81 bits per heavy atom. The molecule has 0 spiro atoms. The lowest BCUT2D eigenvalue weighted by Crippen LogP contribution is -2.37. The quantitative estimate of drug-likeness (QED) is 0.908. The van der Waals surface area contributed by atoms with E-state index in [9.17, 15) is 0 Å². The molecule has 1 aliphatic rings. The Hall–Kier alpha value is -1.16. The van der Waals surface area contributed by atoms with E-state index in [1.807, 2.05) is 18.4 Å². The van der Waals surface area contributed by atoms with Gasteiger partial charge in [0.15, 0.2) is 0 Å². The number of aryl methyl sites for hydroxylation is 1. The Bertz CT molecular complexity index is 592. The maximum Gasteiger partial charge on any atom is 0.0984 e. The third-order valence-electron chi connectivity index (χ3n) is 4.25. The van der Waals surface area contributed by atoms with Gasteiger partial charge in [-0.3, -0.25) is 0 Å². The molecule has 2 aromatic rings. The fraction of sp³-hybridized carbons (Fsp3) is 0.444. The summed E-state index contributed by atoms with van der Waals surface area (Å²) in [6.07, 6.45) is 3.34. The van der Waals surface area contributed by atoms with Crippen LogP contribution in [0.5, 0.6) is 0 Å². The lowest BCUT2D eigenvalue weighted by atomic mass is 9.91. The summed E-state index contributed by atoms with van der Waals surface area (Å²) in [7, 11) is 2.04. The van der Waals surface area contributed by atoms with Gasteiger partial charge >= 0.3 is 0 Å². The van der Waals surface area contributed by atoms with Crippen molar-refractivity contribution in [3.63, 3.8) is 0 Å². The molecule has 0 amide bonds. The number of fused-ring (bicyclic) bond motifs is 1. The summed E-state index contributed by atoms with van der Waals surface area (Å²) >= 11 is 1.93. The molecule has 2 heterocycles. The Morgan fingerprint density at radius 2 is 2.05 bits per heavy atom. The van der Waals surface area contributed by atoms with E-state index in [4.69, 9.17) is 4.74 Å². The van der Waals surface area contributed by atoms with E-state index in [2.05, 4.69) is 48.6 Å². The highest BCUT2D eigenvalue weighted by Gasteiger charge is 2.28. The lowest BCUT2D eigenvalue weighted by molar-refractivity contribution is 0.0174. The predicted molar refractivity (Wildman–Crippen MR) is 89.1 cm³/mol. The molecule has 2 nitrogen and oxygen atoms in total. The second kappa shape index (κ2) is 6.73. The first-order valence-corrected chi connectivity index (χ1v) is 8.57. The third kappa shape index (κ3) is 3.20. The van der Waals surface area contributed by atoms with Crippen LogP contribution < -0.4 is 5.32 Å². The van der Waals surface area contributed by atoms with Gasteiger partial charge in [-0.2, -0.15) is 0 Å². The van der Waals surface area contributed by atoms with Crippen LogP contribution in [0.3, 0.4) is 0 Å². The fourth-order valence-corrected chi connectivity index (χ4v) is 4.07. The number of nitrogens with one attached hydrogen (secondary N) is 1. The van der Waals surface area contributed by atoms with E-state index in [1.165, 1.54) is 20.9 Å². The van der Waals surface area contributed by atoms with Crippen molar-refractivity contribution < 1.29 is 4.74 Å². The van der Waals surface area contributed by atoms with Gasteiger partial charge in [-0.1, -0.05) is 31.2 Å². The Balaban J connectivity index is 1.80. The van der Waals surface area contributed by atoms with Crippen LogP contribution in [0.2, 0.25) is 0 Å². The van der Waals surface area contributed by atoms with Gasteiger partial charge in [-0.25, -0.2) is 0 Å². The molecule has 3 heteroatoms. The largest absolute Gasteiger partial charge is 0.372 e. The molecule has 2 atom stereocenters. The molecule has 1 aromatic heterocycles. The lowest BCUT2D eigenvalue weighted by Gasteiger charge is -2.32. The summed E-state index contributed by atoms with van der Waals surface area (Å²) in [5, 5.41) is 3.47. The molecule has 3 rings (SSSR count). The smallest absolute Gasteiger partial charge is 0.0984 e. The molecule has 112 valence electrons. The summed E-state index contributed by atoms with van der Waals surface area (Å²) in [6, 6.07) is 13.5. The van der Waals surface area contributed by atoms with Gasteiger partial charge in [-0.05, 0) is 49.6 Å². The van der Waals surface area contributed by atoms with Crippen LogP contribution in [-0.4, -0.2) is 19.7 Å². The first-order chi connectivity index (χ1) is 10.3. The van der Waals surface area contributed by atoms with Crippen molar-refractivity contribution in [1.82, 2.24) is 5.32 Å². The van der Waals surface area contributed by atoms with Crippen molar-refractivity contribution in [3.8, 4) is 0 Å². The van der Waals surface area contributed by atoms with E-state index in [-0.39, 0.29) is 6.10 Å². The first kappa shape index (κ1) is 14.8. The zero-order chi connectivity index (χ0) is 14.7. The number of hydrogen-bond donors (Lipinski definition) is 1. The highest BCUT2D eigenvalue weighted by Crippen LogP contribution is 2.31. The van der Waals surface area contributed by atoms with Crippen LogP contribution in [0.15, 0.2) is 36.4 Å². The number of ether oxygens (including phenoxy) is 1. The summed E-state index contributed by atoms with van der Waals surface area (Å²) in [5.74, 6) is 0.